The van der Waals surface area contributed by atoms with Crippen molar-refractivity contribution in [2.75, 3.05) is 54.7 Å². The van der Waals surface area contributed by atoms with Gasteiger partial charge in [0.2, 0.25) is 0 Å². The maximum absolute atomic E-state index is 11.6. The van der Waals surface area contributed by atoms with Gasteiger partial charge < -0.3 is 28.1 Å². The fourth-order valence-corrected chi connectivity index (χ4v) is 3.48. The average molecular weight is 323 g/mol. The van der Waals surface area contributed by atoms with Gasteiger partial charge in [0.25, 0.3) is 0 Å². The highest BCUT2D eigenvalue weighted by Crippen LogP contribution is 2.14. The number of methoxy groups -OCH3 is 1. The maximum atomic E-state index is 11.6. The molecule has 21 heavy (non-hydrogen) atoms. The molecule has 0 aliphatic heterocycles. The van der Waals surface area contributed by atoms with Gasteiger partial charge in [0, 0.05) is 41.0 Å². The average Bonchev–Trinajstić information content (AvgIpc) is 2.51. The van der Waals surface area contributed by atoms with E-state index in [0.717, 1.165) is 19.0 Å². The fourth-order valence-electron chi connectivity index (χ4n) is 1.76. The number of carbonyl (C=O) groups excluding carboxylic acids is 1. The van der Waals surface area contributed by atoms with E-state index in [1.165, 1.54) is 0 Å². The molecule has 0 heterocycles. The number of nitrogens with one attached hydrogen (secondary N) is 1. The Hall–Kier alpha value is -0.513. The Labute approximate surface area is 128 Å². The number of hydrogen-bond donors (Lipinski definition) is 1. The van der Waals surface area contributed by atoms with Gasteiger partial charge in [0.1, 0.15) is 6.61 Å². The third-order valence-corrected chi connectivity index (χ3v) is 5.99. The number of esters is 1. The van der Waals surface area contributed by atoms with E-state index in [1.54, 1.807) is 28.4 Å². The zero-order valence-corrected chi connectivity index (χ0v) is 14.8. The van der Waals surface area contributed by atoms with Crippen LogP contribution in [-0.2, 0) is 27.5 Å². The molecular weight excluding hydrogens is 294 g/mol. The van der Waals surface area contributed by atoms with Crippen LogP contribution in [0.1, 0.15) is 13.3 Å². The van der Waals surface area contributed by atoms with Crippen molar-refractivity contribution in [3.8, 4) is 0 Å². The second kappa shape index (κ2) is 12.1. The highest BCUT2D eigenvalue weighted by molar-refractivity contribution is 6.60. The van der Waals surface area contributed by atoms with E-state index in [9.17, 15) is 4.79 Å². The minimum atomic E-state index is -2.48. The van der Waals surface area contributed by atoms with Crippen molar-refractivity contribution in [1.82, 2.24) is 5.32 Å². The first-order chi connectivity index (χ1) is 10.0. The minimum Gasteiger partial charge on any atom is -0.463 e. The molecule has 0 rings (SSSR count). The van der Waals surface area contributed by atoms with E-state index in [0.29, 0.717) is 19.8 Å². The first kappa shape index (κ1) is 20.5. The van der Waals surface area contributed by atoms with Gasteiger partial charge in [-0.1, -0.05) is 6.92 Å². The monoisotopic (exact) mass is 323 g/mol. The molecule has 0 amide bonds. The zero-order valence-electron chi connectivity index (χ0n) is 13.8. The molecule has 0 saturated heterocycles. The molecule has 0 saturated carbocycles. The summed E-state index contributed by atoms with van der Waals surface area (Å²) < 4.78 is 25.9. The summed E-state index contributed by atoms with van der Waals surface area (Å²) in [6, 6.07) is 0.732. The van der Waals surface area contributed by atoms with Crippen molar-refractivity contribution in [3.63, 3.8) is 0 Å². The van der Waals surface area contributed by atoms with Crippen molar-refractivity contribution in [2.45, 2.75) is 19.4 Å². The largest absolute Gasteiger partial charge is 0.500 e. The molecule has 0 bridgehead atoms. The molecule has 0 fully saturated rings. The molecule has 0 aliphatic carbocycles. The van der Waals surface area contributed by atoms with Crippen LogP contribution in [0.25, 0.3) is 0 Å². The van der Waals surface area contributed by atoms with Gasteiger partial charge in [-0.2, -0.15) is 0 Å². The third kappa shape index (κ3) is 8.49. The third-order valence-electron chi connectivity index (χ3n) is 3.15. The second-order valence-corrected chi connectivity index (χ2v) is 7.76. The number of ether oxygens (including phenoxy) is 2. The summed E-state index contributed by atoms with van der Waals surface area (Å²) in [5.41, 5.74) is 0. The van der Waals surface area contributed by atoms with Crippen LogP contribution in [0.2, 0.25) is 6.04 Å². The predicted molar refractivity (Wildman–Crippen MR) is 81.1 cm³/mol. The summed E-state index contributed by atoms with van der Waals surface area (Å²) in [5.74, 6) is -0.398. The van der Waals surface area contributed by atoms with Crippen molar-refractivity contribution < 1.29 is 27.5 Å². The van der Waals surface area contributed by atoms with Crippen LogP contribution in [0.4, 0.5) is 0 Å². The standard InChI is InChI=1S/C13H29NO6Si/c1-12(13(15)20-9-8-16-2)11-14-7-6-10-21(17-3,18-4)19-5/h12,14H,6-11H2,1-5H3. The molecule has 126 valence electrons. The van der Waals surface area contributed by atoms with Crippen LogP contribution < -0.4 is 5.32 Å². The topological polar surface area (TPSA) is 75.3 Å². The Morgan fingerprint density at radius 1 is 1.10 bits per heavy atom. The Balaban J connectivity index is 3.77. The van der Waals surface area contributed by atoms with E-state index in [-0.39, 0.29) is 11.9 Å². The Morgan fingerprint density at radius 3 is 2.24 bits per heavy atom. The van der Waals surface area contributed by atoms with Gasteiger partial charge in [0.15, 0.2) is 0 Å². The smallest absolute Gasteiger partial charge is 0.463 e. The fraction of sp³-hybridized carbons (Fsp3) is 0.923. The van der Waals surface area contributed by atoms with E-state index in [2.05, 4.69) is 5.32 Å². The summed E-state index contributed by atoms with van der Waals surface area (Å²) >= 11 is 0. The molecule has 1 atom stereocenters. The maximum Gasteiger partial charge on any atom is 0.500 e. The Kier molecular flexibility index (Phi) is 11.8. The predicted octanol–water partition coefficient (Wildman–Crippen LogP) is 0.670. The molecular formula is C13H29NO6Si. The van der Waals surface area contributed by atoms with Crippen molar-refractivity contribution >= 4 is 14.8 Å². The van der Waals surface area contributed by atoms with Crippen LogP contribution >= 0.6 is 0 Å². The normalized spacial score (nSPS) is 13.2. The number of carbonyl (C=O) groups is 1. The zero-order chi connectivity index (χ0) is 16.1. The van der Waals surface area contributed by atoms with Crippen LogP contribution in [0.3, 0.4) is 0 Å². The summed E-state index contributed by atoms with van der Waals surface area (Å²) in [6.07, 6.45) is 0.854. The molecule has 1 N–H and O–H groups in total. The Bertz CT molecular complexity index is 267. The van der Waals surface area contributed by atoms with Crippen LogP contribution in [0.15, 0.2) is 0 Å². The van der Waals surface area contributed by atoms with Gasteiger partial charge in [0.05, 0.1) is 12.5 Å². The van der Waals surface area contributed by atoms with Crippen LogP contribution in [0.5, 0.6) is 0 Å². The second-order valence-electron chi connectivity index (χ2n) is 4.66. The number of hydrogen-bond acceptors (Lipinski definition) is 7. The van der Waals surface area contributed by atoms with E-state index in [4.69, 9.17) is 22.8 Å². The highest BCUT2D eigenvalue weighted by atomic mass is 28.4. The van der Waals surface area contributed by atoms with Gasteiger partial charge >= 0.3 is 14.8 Å². The summed E-state index contributed by atoms with van der Waals surface area (Å²) in [6.45, 7) is 3.89. The highest BCUT2D eigenvalue weighted by Gasteiger charge is 2.36. The molecule has 0 aromatic carbocycles. The molecule has 7 nitrogen and oxygen atoms in total. The molecule has 0 spiro atoms. The quantitative estimate of drug-likeness (QED) is 0.303. The SMILES string of the molecule is COCCOC(=O)C(C)CNCCC[Si](OC)(OC)OC. The van der Waals surface area contributed by atoms with E-state index in [1.807, 2.05) is 6.92 Å². The molecule has 8 heteroatoms. The van der Waals surface area contributed by atoms with Crippen LogP contribution in [-0.4, -0.2) is 69.5 Å². The summed E-state index contributed by atoms with van der Waals surface area (Å²) in [7, 11) is 3.89. The molecule has 1 unspecified atom stereocenters. The van der Waals surface area contributed by atoms with Crippen LogP contribution in [0, 0.1) is 5.92 Å². The summed E-state index contributed by atoms with van der Waals surface area (Å²) in [5, 5.41) is 3.22. The van der Waals surface area contributed by atoms with Gasteiger partial charge in [-0.25, -0.2) is 0 Å². The van der Waals surface area contributed by atoms with Gasteiger partial charge in [-0.05, 0) is 13.0 Å². The summed E-state index contributed by atoms with van der Waals surface area (Å²) in [4.78, 5) is 11.6. The lowest BCUT2D eigenvalue weighted by molar-refractivity contribution is -0.149. The first-order valence-electron chi connectivity index (χ1n) is 7.07. The first-order valence-corrected chi connectivity index (χ1v) is 9.00. The molecule has 0 aromatic rings. The van der Waals surface area contributed by atoms with E-state index >= 15 is 0 Å². The van der Waals surface area contributed by atoms with Crippen molar-refractivity contribution in [3.05, 3.63) is 0 Å². The van der Waals surface area contributed by atoms with E-state index < -0.39 is 8.80 Å². The lowest BCUT2D eigenvalue weighted by Crippen LogP contribution is -2.43. The van der Waals surface area contributed by atoms with Gasteiger partial charge in [-0.15, -0.1) is 0 Å². The molecule has 0 aromatic heterocycles. The lowest BCUT2D eigenvalue weighted by atomic mass is 10.2. The lowest BCUT2D eigenvalue weighted by Gasteiger charge is -2.24. The minimum absolute atomic E-state index is 0.184. The van der Waals surface area contributed by atoms with Crippen molar-refractivity contribution in [1.29, 1.82) is 0 Å². The van der Waals surface area contributed by atoms with Gasteiger partial charge in [-0.3, -0.25) is 4.79 Å². The molecule has 0 aliphatic rings. The number of rotatable bonds is 13. The molecule has 0 radical (unpaired) electrons. The Morgan fingerprint density at radius 2 is 1.71 bits per heavy atom. The van der Waals surface area contributed by atoms with Crippen molar-refractivity contribution in [2.24, 2.45) is 5.92 Å².